The molecule has 8 aromatic rings. The van der Waals surface area contributed by atoms with Crippen molar-refractivity contribution in [1.29, 1.82) is 0 Å². The monoisotopic (exact) mass is 541 g/mol. The van der Waals surface area contributed by atoms with Gasteiger partial charge in [-0.05, 0) is 66.7 Å². The van der Waals surface area contributed by atoms with E-state index in [1.165, 1.54) is 16.3 Å². The quantitative estimate of drug-likeness (QED) is 0.223. The molecule has 0 spiro atoms. The molecule has 5 heteroatoms. The van der Waals surface area contributed by atoms with E-state index in [2.05, 4.69) is 94.4 Å². The van der Waals surface area contributed by atoms with Gasteiger partial charge in [0.15, 0.2) is 17.1 Å². The lowest BCUT2D eigenvalue weighted by atomic mass is 10.1. The first-order valence-electron chi connectivity index (χ1n) is 14.0. The lowest BCUT2D eigenvalue weighted by Crippen LogP contribution is -2.15. The summed E-state index contributed by atoms with van der Waals surface area (Å²) in [5.41, 5.74) is 8.82. The van der Waals surface area contributed by atoms with E-state index in [9.17, 15) is 0 Å². The fraction of sp³-hybridized carbons (Fsp3) is 0. The van der Waals surface area contributed by atoms with Gasteiger partial charge >= 0.3 is 0 Å². The highest BCUT2D eigenvalue weighted by atomic mass is 16.5. The van der Waals surface area contributed by atoms with Crippen LogP contribution in [0.25, 0.3) is 50.0 Å². The van der Waals surface area contributed by atoms with E-state index in [1.54, 1.807) is 0 Å². The molecule has 0 fully saturated rings. The molecule has 1 aliphatic rings. The molecule has 0 unspecified atom stereocenters. The fourth-order valence-corrected chi connectivity index (χ4v) is 6.11. The third-order valence-corrected chi connectivity index (χ3v) is 7.99. The van der Waals surface area contributed by atoms with Gasteiger partial charge in [0.2, 0.25) is 5.89 Å². The number of fused-ring (bicyclic) bond motifs is 6. The minimum atomic E-state index is 0.590. The van der Waals surface area contributed by atoms with E-state index in [1.807, 2.05) is 54.6 Å². The molecular weight excluding hydrogens is 518 g/mol. The summed E-state index contributed by atoms with van der Waals surface area (Å²) in [5, 5.41) is 2.39. The van der Waals surface area contributed by atoms with Crippen LogP contribution in [0.2, 0.25) is 0 Å². The number of hydrogen-bond acceptors (Lipinski definition) is 4. The summed E-state index contributed by atoms with van der Waals surface area (Å²) >= 11 is 0. The number of aromatic nitrogens is 2. The molecule has 0 radical (unpaired) electrons. The molecule has 0 saturated carbocycles. The average molecular weight is 542 g/mol. The van der Waals surface area contributed by atoms with Crippen molar-refractivity contribution in [2.24, 2.45) is 0 Å². The molecule has 0 aliphatic carbocycles. The van der Waals surface area contributed by atoms with Gasteiger partial charge in [-0.2, -0.15) is 0 Å². The van der Waals surface area contributed by atoms with Crippen LogP contribution in [0.3, 0.4) is 0 Å². The molecule has 0 N–H and O–H groups in total. The van der Waals surface area contributed by atoms with Gasteiger partial charge in [-0.1, -0.05) is 66.7 Å². The number of ether oxygens (including phenoxy) is 1. The van der Waals surface area contributed by atoms with Crippen molar-refractivity contribution in [3.63, 3.8) is 0 Å². The van der Waals surface area contributed by atoms with Crippen molar-refractivity contribution >= 4 is 50.0 Å². The Bertz CT molecular complexity index is 2280. The van der Waals surface area contributed by atoms with Gasteiger partial charge in [0, 0.05) is 33.8 Å². The second kappa shape index (κ2) is 8.85. The van der Waals surface area contributed by atoms with E-state index in [0.29, 0.717) is 11.5 Å². The van der Waals surface area contributed by atoms with Crippen LogP contribution < -0.4 is 9.64 Å². The Morgan fingerprint density at radius 2 is 1.26 bits per heavy atom. The Hall–Kier alpha value is -5.81. The van der Waals surface area contributed by atoms with Gasteiger partial charge < -0.3 is 18.6 Å². The van der Waals surface area contributed by atoms with Crippen molar-refractivity contribution in [3.05, 3.63) is 140 Å². The molecule has 198 valence electrons. The van der Waals surface area contributed by atoms with Gasteiger partial charge in [0.25, 0.3) is 0 Å². The van der Waals surface area contributed by atoms with E-state index < -0.39 is 0 Å². The van der Waals surface area contributed by atoms with Crippen LogP contribution in [0, 0.1) is 0 Å². The Kier molecular flexibility index (Phi) is 4.83. The zero-order valence-electron chi connectivity index (χ0n) is 22.4. The summed E-state index contributed by atoms with van der Waals surface area (Å²) in [6.07, 6.45) is 0. The summed E-state index contributed by atoms with van der Waals surface area (Å²) < 4.78 is 15.0. The van der Waals surface area contributed by atoms with Crippen LogP contribution in [0.4, 0.5) is 17.1 Å². The lowest BCUT2D eigenvalue weighted by molar-refractivity contribution is 0.476. The van der Waals surface area contributed by atoms with Crippen LogP contribution in [-0.2, 0) is 0 Å². The molecule has 42 heavy (non-hydrogen) atoms. The van der Waals surface area contributed by atoms with Gasteiger partial charge in [0.05, 0.1) is 22.4 Å². The minimum absolute atomic E-state index is 0.590. The predicted molar refractivity (Wildman–Crippen MR) is 169 cm³/mol. The Morgan fingerprint density at radius 3 is 2.14 bits per heavy atom. The molecule has 5 nitrogen and oxygen atoms in total. The molecule has 0 saturated heterocycles. The summed E-state index contributed by atoms with van der Waals surface area (Å²) in [5.74, 6) is 2.11. The van der Waals surface area contributed by atoms with Gasteiger partial charge in [0.1, 0.15) is 5.52 Å². The topological polar surface area (TPSA) is 43.4 Å². The summed E-state index contributed by atoms with van der Waals surface area (Å²) in [6, 6.07) is 47.9. The third-order valence-electron chi connectivity index (χ3n) is 7.99. The number of para-hydroxylation sites is 4. The molecule has 6 aromatic carbocycles. The molecule has 1 aliphatic heterocycles. The van der Waals surface area contributed by atoms with Crippen LogP contribution in [0.5, 0.6) is 11.5 Å². The number of anilines is 3. The molecule has 0 amide bonds. The predicted octanol–water partition coefficient (Wildman–Crippen LogP) is 10.2. The summed E-state index contributed by atoms with van der Waals surface area (Å²) in [6.45, 7) is 0. The van der Waals surface area contributed by atoms with Crippen molar-refractivity contribution in [3.8, 4) is 28.6 Å². The molecule has 0 bridgehead atoms. The van der Waals surface area contributed by atoms with Crippen molar-refractivity contribution in [2.75, 3.05) is 4.90 Å². The van der Waals surface area contributed by atoms with Gasteiger partial charge in [-0.25, -0.2) is 4.98 Å². The van der Waals surface area contributed by atoms with Crippen LogP contribution in [0.1, 0.15) is 0 Å². The SMILES string of the molecule is c1ccc(-c2nc3cc4c(cc3o2)Oc2ccccc2N4c2ccc3c(c2)c2ccccc2n3-c2ccccc2)cc1. The Balaban J connectivity index is 1.27. The maximum atomic E-state index is 6.44. The number of benzene rings is 6. The largest absolute Gasteiger partial charge is 0.453 e. The van der Waals surface area contributed by atoms with E-state index in [0.717, 1.165) is 50.8 Å². The Labute approximate surface area is 241 Å². The third kappa shape index (κ3) is 3.40. The second-order valence-electron chi connectivity index (χ2n) is 10.5. The number of nitrogens with zero attached hydrogens (tertiary/aromatic N) is 3. The van der Waals surface area contributed by atoms with Gasteiger partial charge in [-0.15, -0.1) is 0 Å². The molecule has 9 rings (SSSR count). The minimum Gasteiger partial charge on any atom is -0.453 e. The Morgan fingerprint density at radius 1 is 0.524 bits per heavy atom. The second-order valence-corrected chi connectivity index (χ2v) is 10.5. The zero-order chi connectivity index (χ0) is 27.6. The maximum Gasteiger partial charge on any atom is 0.227 e. The van der Waals surface area contributed by atoms with E-state index in [4.69, 9.17) is 14.1 Å². The molecular formula is C37H23N3O2. The highest BCUT2D eigenvalue weighted by Gasteiger charge is 2.28. The number of oxazole rings is 1. The summed E-state index contributed by atoms with van der Waals surface area (Å²) in [7, 11) is 0. The first-order valence-corrected chi connectivity index (χ1v) is 14.0. The standard InChI is InChI=1S/C37H23N3O2/c1-3-11-24(12-4-1)37-38-29-22-33-36(23-35(29)42-37)41-34-18-10-9-17-32(34)40(33)26-19-20-31-28(21-26)27-15-7-8-16-30(27)39(31)25-13-5-2-6-14-25/h1-23H. The normalized spacial score (nSPS) is 12.4. The average Bonchev–Trinajstić information content (AvgIpc) is 3.62. The first kappa shape index (κ1) is 22.9. The van der Waals surface area contributed by atoms with E-state index >= 15 is 0 Å². The van der Waals surface area contributed by atoms with Crippen molar-refractivity contribution in [1.82, 2.24) is 9.55 Å². The number of rotatable bonds is 3. The lowest BCUT2D eigenvalue weighted by Gasteiger charge is -2.32. The zero-order valence-corrected chi connectivity index (χ0v) is 22.4. The van der Waals surface area contributed by atoms with Crippen molar-refractivity contribution < 1.29 is 9.15 Å². The molecule has 0 atom stereocenters. The van der Waals surface area contributed by atoms with Gasteiger partial charge in [-0.3, -0.25) is 0 Å². The van der Waals surface area contributed by atoms with Crippen LogP contribution >= 0.6 is 0 Å². The smallest absolute Gasteiger partial charge is 0.227 e. The van der Waals surface area contributed by atoms with Crippen molar-refractivity contribution in [2.45, 2.75) is 0 Å². The van der Waals surface area contributed by atoms with E-state index in [-0.39, 0.29) is 0 Å². The van der Waals surface area contributed by atoms with Crippen LogP contribution in [-0.4, -0.2) is 9.55 Å². The fourth-order valence-electron chi connectivity index (χ4n) is 6.11. The molecule has 2 aromatic heterocycles. The van der Waals surface area contributed by atoms with Crippen LogP contribution in [0.15, 0.2) is 144 Å². The maximum absolute atomic E-state index is 6.44. The first-order chi connectivity index (χ1) is 20.8. The summed E-state index contributed by atoms with van der Waals surface area (Å²) in [4.78, 5) is 7.11. The molecule has 3 heterocycles. The highest BCUT2D eigenvalue weighted by Crippen LogP contribution is 2.52. The highest BCUT2D eigenvalue weighted by molar-refractivity contribution is 6.11. The number of hydrogen-bond donors (Lipinski definition) is 0.